The number of carbonyl (C=O) groups is 3. The molecule has 8 heteroatoms. The van der Waals surface area contributed by atoms with Crippen LogP contribution in [0.3, 0.4) is 0 Å². The summed E-state index contributed by atoms with van der Waals surface area (Å²) in [6.45, 7) is 0.637. The molecule has 1 heterocycles. The summed E-state index contributed by atoms with van der Waals surface area (Å²) in [7, 11) is 0. The van der Waals surface area contributed by atoms with Gasteiger partial charge in [-0.15, -0.1) is 0 Å². The molecule has 0 saturated carbocycles. The van der Waals surface area contributed by atoms with Crippen LogP contribution in [0.15, 0.2) is 85.2 Å². The summed E-state index contributed by atoms with van der Waals surface area (Å²) in [6.07, 6.45) is 3.04. The van der Waals surface area contributed by atoms with Gasteiger partial charge in [0.25, 0.3) is 0 Å². The van der Waals surface area contributed by atoms with Crippen LogP contribution in [-0.4, -0.2) is 35.5 Å². The minimum Gasteiger partial charge on any atom is -0.445 e. The van der Waals surface area contributed by atoms with Crippen molar-refractivity contribution in [2.45, 2.75) is 32.0 Å². The summed E-state index contributed by atoms with van der Waals surface area (Å²) in [5.74, 6) is -0.575. The first kappa shape index (κ1) is 24.4. The van der Waals surface area contributed by atoms with Gasteiger partial charge in [-0.3, -0.25) is 14.6 Å². The predicted molar refractivity (Wildman–Crippen MR) is 127 cm³/mol. The maximum atomic E-state index is 12.8. The fourth-order valence-corrected chi connectivity index (χ4v) is 3.18. The second-order valence-corrected chi connectivity index (χ2v) is 7.62. The summed E-state index contributed by atoms with van der Waals surface area (Å²) < 4.78 is 5.26. The second-order valence-electron chi connectivity index (χ2n) is 7.62. The van der Waals surface area contributed by atoms with Crippen LogP contribution in [0.2, 0.25) is 0 Å². The van der Waals surface area contributed by atoms with E-state index in [2.05, 4.69) is 20.9 Å². The molecule has 34 heavy (non-hydrogen) atoms. The Hall–Kier alpha value is -4.20. The van der Waals surface area contributed by atoms with E-state index >= 15 is 0 Å². The van der Waals surface area contributed by atoms with Crippen LogP contribution in [0.5, 0.6) is 0 Å². The zero-order valence-corrected chi connectivity index (χ0v) is 18.8. The van der Waals surface area contributed by atoms with Crippen molar-refractivity contribution >= 4 is 17.9 Å². The number of amides is 3. The van der Waals surface area contributed by atoms with Crippen LogP contribution >= 0.6 is 0 Å². The van der Waals surface area contributed by atoms with Crippen LogP contribution in [0.25, 0.3) is 0 Å². The molecule has 0 saturated heterocycles. The standard InChI is InChI=1S/C26H28N4O4/c31-24(29-18-21-11-14-27-15-12-21)13-16-28-25(32)23(17-20-7-3-1-4-8-20)30-26(33)34-19-22-9-5-2-6-10-22/h1-12,14-15,23H,13,16-19H2,(H,28,32)(H,29,31)(H,30,33). The highest BCUT2D eigenvalue weighted by Crippen LogP contribution is 2.05. The van der Waals surface area contributed by atoms with Crippen LogP contribution in [0.1, 0.15) is 23.1 Å². The first-order valence-corrected chi connectivity index (χ1v) is 11.0. The van der Waals surface area contributed by atoms with E-state index in [0.29, 0.717) is 13.0 Å². The minimum absolute atomic E-state index is 0.101. The van der Waals surface area contributed by atoms with E-state index in [0.717, 1.165) is 16.7 Å². The van der Waals surface area contributed by atoms with Gasteiger partial charge in [0.1, 0.15) is 12.6 Å². The third kappa shape index (κ3) is 8.74. The number of rotatable bonds is 11. The molecule has 176 valence electrons. The second kappa shape index (κ2) is 13.4. The quantitative estimate of drug-likeness (QED) is 0.408. The molecule has 0 radical (unpaired) electrons. The Labute approximate surface area is 198 Å². The van der Waals surface area contributed by atoms with E-state index in [-0.39, 0.29) is 31.4 Å². The number of alkyl carbamates (subject to hydrolysis) is 1. The Balaban J connectivity index is 1.48. The van der Waals surface area contributed by atoms with Crippen molar-refractivity contribution < 1.29 is 19.1 Å². The molecule has 1 atom stereocenters. The van der Waals surface area contributed by atoms with Crippen molar-refractivity contribution in [3.8, 4) is 0 Å². The average molecular weight is 461 g/mol. The number of pyridine rings is 1. The Morgan fingerprint density at radius 3 is 2.12 bits per heavy atom. The number of hydrogen-bond donors (Lipinski definition) is 3. The summed E-state index contributed by atoms with van der Waals surface area (Å²) in [5.41, 5.74) is 2.68. The molecule has 0 fully saturated rings. The minimum atomic E-state index is -0.842. The molecule has 3 N–H and O–H groups in total. The first-order chi connectivity index (χ1) is 16.6. The summed E-state index contributed by atoms with van der Waals surface area (Å²) in [4.78, 5) is 41.2. The monoisotopic (exact) mass is 460 g/mol. The number of benzene rings is 2. The number of nitrogens with one attached hydrogen (secondary N) is 3. The van der Waals surface area contributed by atoms with Crippen molar-refractivity contribution in [2.75, 3.05) is 6.54 Å². The molecule has 0 bridgehead atoms. The summed E-state index contributed by atoms with van der Waals surface area (Å²) >= 11 is 0. The fraction of sp³-hybridized carbons (Fsp3) is 0.231. The molecule has 8 nitrogen and oxygen atoms in total. The van der Waals surface area contributed by atoms with E-state index in [1.807, 2.05) is 72.8 Å². The molecule has 0 aliphatic carbocycles. The Morgan fingerprint density at radius 1 is 0.794 bits per heavy atom. The molecule has 3 aromatic rings. The van der Waals surface area contributed by atoms with Gasteiger partial charge in [0.15, 0.2) is 0 Å². The van der Waals surface area contributed by atoms with Gasteiger partial charge in [-0.2, -0.15) is 0 Å². The van der Waals surface area contributed by atoms with E-state index < -0.39 is 12.1 Å². The van der Waals surface area contributed by atoms with Crippen molar-refractivity contribution in [2.24, 2.45) is 0 Å². The van der Waals surface area contributed by atoms with Gasteiger partial charge in [-0.25, -0.2) is 4.79 Å². The molecular weight excluding hydrogens is 432 g/mol. The smallest absolute Gasteiger partial charge is 0.408 e. The maximum absolute atomic E-state index is 12.8. The molecule has 0 aliphatic rings. The van der Waals surface area contributed by atoms with Gasteiger partial charge in [0.2, 0.25) is 11.8 Å². The predicted octanol–water partition coefficient (Wildman–Crippen LogP) is 2.74. The maximum Gasteiger partial charge on any atom is 0.408 e. The largest absolute Gasteiger partial charge is 0.445 e. The topological polar surface area (TPSA) is 109 Å². The average Bonchev–Trinajstić information content (AvgIpc) is 2.87. The van der Waals surface area contributed by atoms with E-state index in [9.17, 15) is 14.4 Å². The molecule has 0 spiro atoms. The lowest BCUT2D eigenvalue weighted by atomic mass is 10.1. The SMILES string of the molecule is O=C(CCNC(=O)C(Cc1ccccc1)NC(=O)OCc1ccccc1)NCc1ccncc1. The van der Waals surface area contributed by atoms with Crippen molar-refractivity contribution in [1.29, 1.82) is 0 Å². The van der Waals surface area contributed by atoms with E-state index in [1.165, 1.54) is 0 Å². The van der Waals surface area contributed by atoms with Crippen LogP contribution in [0.4, 0.5) is 4.79 Å². The zero-order valence-electron chi connectivity index (χ0n) is 18.8. The molecular formula is C26H28N4O4. The van der Waals surface area contributed by atoms with Crippen molar-refractivity contribution in [3.63, 3.8) is 0 Å². The number of nitrogens with zero attached hydrogens (tertiary/aromatic N) is 1. The van der Waals surface area contributed by atoms with Crippen molar-refractivity contribution in [1.82, 2.24) is 20.9 Å². The van der Waals surface area contributed by atoms with Crippen LogP contribution in [0, 0.1) is 0 Å². The summed E-state index contributed by atoms with van der Waals surface area (Å²) in [5, 5.41) is 8.17. The molecule has 2 aromatic carbocycles. The number of carbonyl (C=O) groups excluding carboxylic acids is 3. The lowest BCUT2D eigenvalue weighted by molar-refractivity contribution is -0.123. The lowest BCUT2D eigenvalue weighted by Gasteiger charge is -2.18. The van der Waals surface area contributed by atoms with Crippen LogP contribution in [-0.2, 0) is 33.9 Å². The Bertz CT molecular complexity index is 1050. The third-order valence-corrected chi connectivity index (χ3v) is 4.99. The zero-order chi connectivity index (χ0) is 24.0. The Kier molecular flexibility index (Phi) is 9.61. The fourth-order valence-electron chi connectivity index (χ4n) is 3.18. The van der Waals surface area contributed by atoms with E-state index in [1.54, 1.807) is 12.4 Å². The van der Waals surface area contributed by atoms with E-state index in [4.69, 9.17) is 4.74 Å². The molecule has 1 aromatic heterocycles. The number of ether oxygens (including phenoxy) is 1. The highest BCUT2D eigenvalue weighted by Gasteiger charge is 2.22. The number of aromatic nitrogens is 1. The van der Waals surface area contributed by atoms with Gasteiger partial charge in [0, 0.05) is 38.3 Å². The van der Waals surface area contributed by atoms with Gasteiger partial charge in [0.05, 0.1) is 0 Å². The third-order valence-electron chi connectivity index (χ3n) is 4.99. The summed E-state index contributed by atoms with van der Waals surface area (Å²) in [6, 6.07) is 21.5. The molecule has 3 rings (SSSR count). The first-order valence-electron chi connectivity index (χ1n) is 11.0. The normalized spacial score (nSPS) is 11.2. The van der Waals surface area contributed by atoms with Crippen molar-refractivity contribution in [3.05, 3.63) is 102 Å². The van der Waals surface area contributed by atoms with Crippen LogP contribution < -0.4 is 16.0 Å². The van der Waals surface area contributed by atoms with Gasteiger partial charge < -0.3 is 20.7 Å². The molecule has 0 aliphatic heterocycles. The Morgan fingerprint density at radius 2 is 1.44 bits per heavy atom. The highest BCUT2D eigenvalue weighted by atomic mass is 16.5. The lowest BCUT2D eigenvalue weighted by Crippen LogP contribution is -2.48. The molecule has 1 unspecified atom stereocenters. The highest BCUT2D eigenvalue weighted by molar-refractivity contribution is 5.86. The number of hydrogen-bond acceptors (Lipinski definition) is 5. The van der Waals surface area contributed by atoms with Gasteiger partial charge in [-0.1, -0.05) is 60.7 Å². The van der Waals surface area contributed by atoms with Gasteiger partial charge >= 0.3 is 6.09 Å². The van der Waals surface area contributed by atoms with Gasteiger partial charge in [-0.05, 0) is 28.8 Å². The molecule has 3 amide bonds.